The van der Waals surface area contributed by atoms with Crippen molar-refractivity contribution in [2.75, 3.05) is 27.4 Å². The number of sulfonamides is 1. The molecule has 0 saturated heterocycles. The van der Waals surface area contributed by atoms with Crippen molar-refractivity contribution in [3.63, 3.8) is 0 Å². The Kier molecular flexibility index (Phi) is 6.99. The van der Waals surface area contributed by atoms with Gasteiger partial charge in [0.25, 0.3) is 5.91 Å². The SMILES string of the molecule is CN(C)[C@@H](CNC(=O)c1cccc(S(=O)(=O)NCc2ccc3c(c2)OCO3)c1)c1cccs1. The second-order valence-electron chi connectivity index (χ2n) is 7.74. The lowest BCUT2D eigenvalue weighted by Gasteiger charge is -2.23. The van der Waals surface area contributed by atoms with Gasteiger partial charge in [-0.05, 0) is 61.4 Å². The van der Waals surface area contributed by atoms with E-state index < -0.39 is 10.0 Å². The van der Waals surface area contributed by atoms with E-state index in [0.29, 0.717) is 18.0 Å². The summed E-state index contributed by atoms with van der Waals surface area (Å²) < 4.78 is 38.8. The first-order chi connectivity index (χ1) is 15.8. The highest BCUT2D eigenvalue weighted by atomic mass is 32.2. The normalized spacial score (nSPS) is 13.8. The third kappa shape index (κ3) is 5.53. The van der Waals surface area contributed by atoms with Gasteiger partial charge in [0.2, 0.25) is 16.8 Å². The zero-order valence-electron chi connectivity index (χ0n) is 18.3. The summed E-state index contributed by atoms with van der Waals surface area (Å²) in [5.74, 6) is 0.895. The molecule has 2 heterocycles. The Morgan fingerprint density at radius 2 is 1.91 bits per heavy atom. The number of benzene rings is 2. The van der Waals surface area contributed by atoms with Crippen LogP contribution in [0.4, 0.5) is 0 Å². The molecule has 0 bridgehead atoms. The van der Waals surface area contributed by atoms with Crippen LogP contribution in [-0.4, -0.2) is 46.7 Å². The maximum atomic E-state index is 12.8. The van der Waals surface area contributed by atoms with Crippen LogP contribution in [-0.2, 0) is 16.6 Å². The zero-order chi connectivity index (χ0) is 23.4. The van der Waals surface area contributed by atoms with Gasteiger partial charge in [0, 0.05) is 23.5 Å². The van der Waals surface area contributed by atoms with Crippen molar-refractivity contribution in [1.82, 2.24) is 14.9 Å². The summed E-state index contributed by atoms with van der Waals surface area (Å²) in [4.78, 5) is 15.9. The van der Waals surface area contributed by atoms with Crippen molar-refractivity contribution >= 4 is 27.3 Å². The van der Waals surface area contributed by atoms with Crippen LogP contribution < -0.4 is 19.5 Å². The Balaban J connectivity index is 1.41. The second-order valence-corrected chi connectivity index (χ2v) is 10.5. The van der Waals surface area contributed by atoms with Crippen molar-refractivity contribution in [2.24, 2.45) is 0 Å². The number of hydrogen-bond donors (Lipinski definition) is 2. The molecule has 3 aromatic rings. The van der Waals surface area contributed by atoms with Gasteiger partial charge in [-0.3, -0.25) is 4.79 Å². The number of hydrogen-bond acceptors (Lipinski definition) is 7. The number of fused-ring (bicyclic) bond motifs is 1. The molecule has 0 spiro atoms. The van der Waals surface area contributed by atoms with E-state index in [4.69, 9.17) is 9.47 Å². The van der Waals surface area contributed by atoms with Crippen molar-refractivity contribution < 1.29 is 22.7 Å². The number of rotatable bonds is 9. The highest BCUT2D eigenvalue weighted by Gasteiger charge is 2.20. The minimum Gasteiger partial charge on any atom is -0.454 e. The summed E-state index contributed by atoms with van der Waals surface area (Å²) in [5.41, 5.74) is 1.02. The summed E-state index contributed by atoms with van der Waals surface area (Å²) in [5, 5.41) is 4.91. The van der Waals surface area contributed by atoms with E-state index in [1.165, 1.54) is 12.1 Å². The Hall–Kier alpha value is -2.92. The molecule has 1 atom stereocenters. The fourth-order valence-electron chi connectivity index (χ4n) is 3.43. The first kappa shape index (κ1) is 23.2. The van der Waals surface area contributed by atoms with Crippen LogP contribution in [0.1, 0.15) is 26.8 Å². The molecule has 2 aromatic carbocycles. The maximum absolute atomic E-state index is 12.8. The van der Waals surface area contributed by atoms with E-state index in [0.717, 1.165) is 10.4 Å². The predicted molar refractivity (Wildman–Crippen MR) is 126 cm³/mol. The average Bonchev–Trinajstić information content (AvgIpc) is 3.49. The van der Waals surface area contributed by atoms with Crippen LogP contribution in [0.5, 0.6) is 11.5 Å². The van der Waals surface area contributed by atoms with Gasteiger partial charge < -0.3 is 19.7 Å². The monoisotopic (exact) mass is 487 g/mol. The van der Waals surface area contributed by atoms with Gasteiger partial charge >= 0.3 is 0 Å². The van der Waals surface area contributed by atoms with Crippen molar-refractivity contribution in [2.45, 2.75) is 17.5 Å². The topological polar surface area (TPSA) is 97.0 Å². The fourth-order valence-corrected chi connectivity index (χ4v) is 5.41. The molecule has 1 aliphatic rings. The third-order valence-corrected chi connectivity index (χ3v) is 7.63. The zero-order valence-corrected chi connectivity index (χ0v) is 19.9. The Morgan fingerprint density at radius 1 is 1.09 bits per heavy atom. The first-order valence-electron chi connectivity index (χ1n) is 10.3. The van der Waals surface area contributed by atoms with E-state index in [-0.39, 0.29) is 35.7 Å². The molecule has 1 aromatic heterocycles. The van der Waals surface area contributed by atoms with Gasteiger partial charge in [-0.25, -0.2) is 13.1 Å². The van der Waals surface area contributed by atoms with Gasteiger partial charge in [0.1, 0.15) is 0 Å². The van der Waals surface area contributed by atoms with Crippen molar-refractivity contribution in [3.05, 3.63) is 76.0 Å². The molecule has 4 rings (SSSR count). The van der Waals surface area contributed by atoms with E-state index in [1.807, 2.05) is 36.5 Å². The molecule has 0 fully saturated rings. The molecule has 0 aliphatic carbocycles. The number of carbonyl (C=O) groups excluding carboxylic acids is 1. The molecule has 1 aliphatic heterocycles. The highest BCUT2D eigenvalue weighted by Crippen LogP contribution is 2.32. The third-order valence-electron chi connectivity index (χ3n) is 5.26. The molecule has 8 nitrogen and oxygen atoms in total. The van der Waals surface area contributed by atoms with Gasteiger partial charge in [-0.1, -0.05) is 18.2 Å². The van der Waals surface area contributed by atoms with Gasteiger partial charge in [-0.15, -0.1) is 11.3 Å². The Labute approximate surface area is 197 Å². The minimum absolute atomic E-state index is 0.0262. The number of nitrogens with one attached hydrogen (secondary N) is 2. The highest BCUT2D eigenvalue weighted by molar-refractivity contribution is 7.89. The van der Waals surface area contributed by atoms with Gasteiger partial charge in [-0.2, -0.15) is 0 Å². The number of nitrogens with zero attached hydrogens (tertiary/aromatic N) is 1. The molecule has 174 valence electrons. The van der Waals surface area contributed by atoms with Crippen LogP contribution >= 0.6 is 11.3 Å². The molecular weight excluding hydrogens is 462 g/mol. The maximum Gasteiger partial charge on any atom is 0.251 e. The minimum atomic E-state index is -3.82. The first-order valence-corrected chi connectivity index (χ1v) is 12.7. The fraction of sp³-hybridized carbons (Fsp3) is 0.261. The van der Waals surface area contributed by atoms with Crippen molar-refractivity contribution in [1.29, 1.82) is 0 Å². The Morgan fingerprint density at radius 3 is 2.67 bits per heavy atom. The largest absolute Gasteiger partial charge is 0.454 e. The van der Waals surface area contributed by atoms with E-state index in [1.54, 1.807) is 41.7 Å². The van der Waals surface area contributed by atoms with Crippen LogP contribution in [0.15, 0.2) is 64.9 Å². The van der Waals surface area contributed by atoms with Crippen LogP contribution in [0.25, 0.3) is 0 Å². The summed E-state index contributed by atoms with van der Waals surface area (Å²) in [6, 6.07) is 15.3. The summed E-state index contributed by atoms with van der Waals surface area (Å²) in [6.07, 6.45) is 0. The summed E-state index contributed by atoms with van der Waals surface area (Å²) >= 11 is 1.63. The Bertz CT molecular complexity index is 1230. The number of carbonyl (C=O) groups is 1. The number of thiophene rings is 1. The molecule has 10 heteroatoms. The van der Waals surface area contributed by atoms with Crippen LogP contribution in [0.2, 0.25) is 0 Å². The van der Waals surface area contributed by atoms with E-state index in [2.05, 4.69) is 10.0 Å². The van der Waals surface area contributed by atoms with Crippen LogP contribution in [0, 0.1) is 0 Å². The molecular formula is C23H25N3O5S2. The van der Waals surface area contributed by atoms with E-state index in [9.17, 15) is 13.2 Å². The average molecular weight is 488 g/mol. The molecule has 1 amide bonds. The van der Waals surface area contributed by atoms with Crippen LogP contribution in [0.3, 0.4) is 0 Å². The summed E-state index contributed by atoms with van der Waals surface area (Å²) in [7, 11) is 0.0905. The van der Waals surface area contributed by atoms with Gasteiger partial charge in [0.15, 0.2) is 11.5 Å². The van der Waals surface area contributed by atoms with Gasteiger partial charge in [0.05, 0.1) is 10.9 Å². The quantitative estimate of drug-likeness (QED) is 0.482. The lowest BCUT2D eigenvalue weighted by atomic mass is 10.2. The lowest BCUT2D eigenvalue weighted by molar-refractivity contribution is 0.0942. The molecule has 0 unspecified atom stereocenters. The smallest absolute Gasteiger partial charge is 0.251 e. The second kappa shape index (κ2) is 9.92. The number of amides is 1. The molecule has 2 N–H and O–H groups in total. The molecule has 0 radical (unpaired) electrons. The van der Waals surface area contributed by atoms with Crippen molar-refractivity contribution in [3.8, 4) is 11.5 Å². The number of likely N-dealkylation sites (N-methyl/N-ethyl adjacent to an activating group) is 1. The number of ether oxygens (including phenoxy) is 2. The lowest BCUT2D eigenvalue weighted by Crippen LogP contribution is -2.34. The summed E-state index contributed by atoms with van der Waals surface area (Å²) in [6.45, 7) is 0.647. The van der Waals surface area contributed by atoms with E-state index >= 15 is 0 Å². The molecule has 0 saturated carbocycles. The predicted octanol–water partition coefficient (Wildman–Crippen LogP) is 2.99. The molecule has 33 heavy (non-hydrogen) atoms. The standard InChI is InChI=1S/C23H25N3O5S2/c1-26(2)19(22-7-4-10-32-22)14-24-23(27)17-5-3-6-18(12-17)33(28,29)25-13-16-8-9-20-21(11-16)31-15-30-20/h3-12,19,25H,13-15H2,1-2H3,(H,24,27)/t19-/m0/s1.